The number of rotatable bonds is 3. The molecule has 1 aromatic heterocycles. The molecule has 4 unspecified atom stereocenters. The van der Waals surface area contributed by atoms with Gasteiger partial charge >= 0.3 is 0 Å². The van der Waals surface area contributed by atoms with Crippen molar-refractivity contribution in [3.05, 3.63) is 70.5 Å². The predicted octanol–water partition coefficient (Wildman–Crippen LogP) is 2.85. The second-order valence-corrected chi connectivity index (χ2v) is 11.7. The van der Waals surface area contributed by atoms with Crippen LogP contribution in [0, 0.1) is 11.8 Å². The summed E-state index contributed by atoms with van der Waals surface area (Å²) in [6.45, 7) is 0. The fraction of sp³-hybridized carbons (Fsp3) is 0.276. The Morgan fingerprint density at radius 2 is 1.82 bits per heavy atom. The highest BCUT2D eigenvalue weighted by atomic mass is 32.1. The van der Waals surface area contributed by atoms with Crippen LogP contribution in [0.5, 0.6) is 5.75 Å². The summed E-state index contributed by atoms with van der Waals surface area (Å²) in [5, 5.41) is 45.9. The van der Waals surface area contributed by atoms with Crippen LogP contribution in [0.1, 0.15) is 17.5 Å². The Morgan fingerprint density at radius 1 is 1.10 bits per heavy atom. The number of nitrogens with zero attached hydrogens (tertiary/aromatic N) is 1. The molecule has 4 atom stereocenters. The van der Waals surface area contributed by atoms with E-state index in [1.165, 1.54) is 11.0 Å². The third-order valence-corrected chi connectivity index (χ3v) is 9.44. The largest absolute Gasteiger partial charge is 0.508 e. The third kappa shape index (κ3) is 3.35. The van der Waals surface area contributed by atoms with Gasteiger partial charge in [-0.3, -0.25) is 19.3 Å². The van der Waals surface area contributed by atoms with E-state index in [4.69, 9.17) is 5.73 Å². The molecule has 6 N–H and O–H groups in total. The Bertz CT molecular complexity index is 1650. The highest BCUT2D eigenvalue weighted by Gasteiger charge is 2.64. The van der Waals surface area contributed by atoms with Crippen molar-refractivity contribution in [2.24, 2.45) is 17.6 Å². The molecule has 0 spiro atoms. The summed E-state index contributed by atoms with van der Waals surface area (Å²) < 4.78 is 1.07. The minimum atomic E-state index is -2.65. The van der Waals surface area contributed by atoms with Gasteiger partial charge < -0.3 is 26.2 Å². The molecule has 200 valence electrons. The molecule has 10 heteroatoms. The zero-order chi connectivity index (χ0) is 28.0. The summed E-state index contributed by atoms with van der Waals surface area (Å²) in [7, 11) is 3.15. The number of ketones is 2. The second-order valence-electron chi connectivity index (χ2n) is 10.6. The van der Waals surface area contributed by atoms with Gasteiger partial charge in [0.05, 0.1) is 11.6 Å². The monoisotopic (exact) mass is 546 g/mol. The molecule has 0 aliphatic heterocycles. The van der Waals surface area contributed by atoms with Gasteiger partial charge in [0, 0.05) is 21.1 Å². The number of fused-ring (bicyclic) bond motifs is 4. The van der Waals surface area contributed by atoms with Crippen molar-refractivity contribution in [1.29, 1.82) is 0 Å². The number of aromatic hydroxyl groups is 1. The first-order valence-corrected chi connectivity index (χ1v) is 13.3. The fourth-order valence-corrected chi connectivity index (χ4v) is 7.70. The Kier molecular flexibility index (Phi) is 5.52. The molecule has 1 fully saturated rings. The molecular formula is C29H26N2O7S. The first-order valence-electron chi connectivity index (χ1n) is 12.4. The number of thiophene rings is 1. The smallest absolute Gasteiger partial charge is 0.255 e. The summed E-state index contributed by atoms with van der Waals surface area (Å²) in [6.07, 6.45) is 0.291. The van der Waals surface area contributed by atoms with E-state index < -0.39 is 58.0 Å². The summed E-state index contributed by atoms with van der Waals surface area (Å²) in [5.74, 6) is -6.61. The molecule has 3 aliphatic carbocycles. The highest BCUT2D eigenvalue weighted by molar-refractivity contribution is 7.22. The molecule has 0 bridgehead atoms. The molecule has 3 aliphatic rings. The number of aliphatic hydroxyl groups excluding tert-OH is 2. The van der Waals surface area contributed by atoms with Gasteiger partial charge in [-0.05, 0) is 73.6 Å². The number of phenolic OH excluding ortho intramolecular Hbond substituents is 1. The Morgan fingerprint density at radius 3 is 2.49 bits per heavy atom. The number of aliphatic hydroxyl groups is 3. The van der Waals surface area contributed by atoms with Crippen molar-refractivity contribution in [3.63, 3.8) is 0 Å². The Balaban J connectivity index is 1.56. The van der Waals surface area contributed by atoms with Crippen LogP contribution in [-0.2, 0) is 20.8 Å². The summed E-state index contributed by atoms with van der Waals surface area (Å²) in [5.41, 5.74) is 3.26. The van der Waals surface area contributed by atoms with E-state index in [1.54, 1.807) is 31.5 Å². The average molecular weight is 547 g/mol. The third-order valence-electron chi connectivity index (χ3n) is 8.30. The first kappa shape index (κ1) is 25.3. The van der Waals surface area contributed by atoms with E-state index in [2.05, 4.69) is 0 Å². The Hall–Kier alpha value is -3.99. The number of hydrogen-bond acceptors (Lipinski definition) is 9. The molecule has 39 heavy (non-hydrogen) atoms. The van der Waals surface area contributed by atoms with Gasteiger partial charge in [-0.15, -0.1) is 11.3 Å². The number of carbonyl (C=O) groups is 3. The minimum Gasteiger partial charge on any atom is -0.508 e. The van der Waals surface area contributed by atoms with Gasteiger partial charge in [-0.1, -0.05) is 18.2 Å². The second kappa shape index (κ2) is 8.51. The lowest BCUT2D eigenvalue weighted by molar-refractivity contribution is -0.153. The molecule has 0 saturated heterocycles. The number of Topliss-reactive ketones (excluding diaryl/α,β-unsaturated/α-hetero) is 2. The molecule has 6 rings (SSSR count). The number of carbonyl (C=O) groups excluding carboxylic acids is 3. The standard InChI is InChI=1S/C29H26N2O7S/c1-31(2)23-16-10-13-9-15-14(19-11-12-5-3-4-6-18(12)39-19)7-8-17(32)21(15)24(33)20(13)26(35)29(16,38)27(36)22(25(23)34)28(30)37/h3-8,11,13,16,23,32-33,36,38H,9-10H2,1-2H3,(H2,30,37). The van der Waals surface area contributed by atoms with Crippen LogP contribution in [0.15, 0.2) is 59.4 Å². The van der Waals surface area contributed by atoms with Crippen LogP contribution in [0.4, 0.5) is 0 Å². The maximum absolute atomic E-state index is 13.9. The molecule has 1 heterocycles. The lowest BCUT2D eigenvalue weighted by Gasteiger charge is -2.50. The van der Waals surface area contributed by atoms with Crippen molar-refractivity contribution in [3.8, 4) is 16.2 Å². The van der Waals surface area contributed by atoms with Crippen LogP contribution in [0.2, 0.25) is 0 Å². The average Bonchev–Trinajstić information content (AvgIpc) is 3.30. The number of benzene rings is 2. The van der Waals surface area contributed by atoms with Crippen molar-refractivity contribution in [2.75, 3.05) is 14.1 Å². The number of phenols is 1. The zero-order valence-corrected chi connectivity index (χ0v) is 22.0. The first-order chi connectivity index (χ1) is 18.5. The molecule has 2 aromatic carbocycles. The van der Waals surface area contributed by atoms with Crippen molar-refractivity contribution < 1.29 is 34.8 Å². The van der Waals surface area contributed by atoms with Crippen LogP contribution < -0.4 is 5.73 Å². The number of primary amides is 1. The van der Waals surface area contributed by atoms with Gasteiger partial charge in [-0.2, -0.15) is 0 Å². The van der Waals surface area contributed by atoms with Crippen LogP contribution in [-0.4, -0.2) is 68.5 Å². The lowest BCUT2D eigenvalue weighted by atomic mass is 9.57. The van der Waals surface area contributed by atoms with Crippen LogP contribution in [0.25, 0.3) is 26.3 Å². The maximum atomic E-state index is 13.9. The number of amides is 1. The molecular weight excluding hydrogens is 520 g/mol. The predicted molar refractivity (Wildman–Crippen MR) is 145 cm³/mol. The van der Waals surface area contributed by atoms with Crippen LogP contribution in [0.3, 0.4) is 0 Å². The maximum Gasteiger partial charge on any atom is 0.255 e. The van der Waals surface area contributed by atoms with Crippen molar-refractivity contribution in [2.45, 2.75) is 24.5 Å². The Labute approximate surface area is 227 Å². The molecule has 3 aromatic rings. The highest BCUT2D eigenvalue weighted by Crippen LogP contribution is 2.54. The van der Waals surface area contributed by atoms with Gasteiger partial charge in [0.15, 0.2) is 11.4 Å². The van der Waals surface area contributed by atoms with Gasteiger partial charge in [0.25, 0.3) is 5.91 Å². The number of hydrogen-bond donors (Lipinski definition) is 5. The van der Waals surface area contributed by atoms with Crippen molar-refractivity contribution >= 4 is 44.7 Å². The quantitative estimate of drug-likeness (QED) is 0.313. The normalized spacial score (nSPS) is 26.6. The van der Waals surface area contributed by atoms with E-state index in [0.29, 0.717) is 5.56 Å². The molecule has 0 radical (unpaired) electrons. The SMILES string of the molecule is CN(C)C1C(=O)C(C(N)=O)=C(O)C2(O)C(=O)C3=C(O)c4c(O)ccc(-c5cc6ccccc6s5)c4CC3CC12. The zero-order valence-electron chi connectivity index (χ0n) is 21.1. The van der Waals surface area contributed by atoms with Crippen LogP contribution >= 0.6 is 11.3 Å². The van der Waals surface area contributed by atoms with E-state index >= 15 is 0 Å². The lowest BCUT2D eigenvalue weighted by Crippen LogP contribution is -2.65. The summed E-state index contributed by atoms with van der Waals surface area (Å²) >= 11 is 1.57. The molecule has 9 nitrogen and oxygen atoms in total. The topological polar surface area (TPSA) is 161 Å². The van der Waals surface area contributed by atoms with E-state index in [-0.39, 0.29) is 29.7 Å². The molecule has 1 amide bonds. The van der Waals surface area contributed by atoms with Crippen molar-refractivity contribution in [1.82, 2.24) is 4.90 Å². The summed E-state index contributed by atoms with van der Waals surface area (Å²) in [6, 6.07) is 12.0. The molecule has 1 saturated carbocycles. The number of nitrogens with two attached hydrogens (primary N) is 1. The summed E-state index contributed by atoms with van der Waals surface area (Å²) in [4.78, 5) is 41.7. The van der Waals surface area contributed by atoms with E-state index in [0.717, 1.165) is 20.5 Å². The van der Waals surface area contributed by atoms with Gasteiger partial charge in [0.2, 0.25) is 5.78 Å². The minimum absolute atomic E-state index is 0.0489. The van der Waals surface area contributed by atoms with E-state index in [1.807, 2.05) is 30.3 Å². The van der Waals surface area contributed by atoms with Gasteiger partial charge in [0.1, 0.15) is 22.8 Å². The van der Waals surface area contributed by atoms with E-state index in [9.17, 15) is 34.8 Å². The number of likely N-dealkylation sites (N-methyl/N-ethyl adjacent to an activating group) is 1. The fourth-order valence-electron chi connectivity index (χ4n) is 6.59. The van der Waals surface area contributed by atoms with Gasteiger partial charge in [-0.25, -0.2) is 0 Å².